The van der Waals surface area contributed by atoms with Crippen LogP contribution in [0.5, 0.6) is 5.75 Å². The van der Waals surface area contributed by atoms with Gasteiger partial charge in [-0.15, -0.1) is 10.2 Å². The van der Waals surface area contributed by atoms with E-state index in [0.717, 1.165) is 6.42 Å². The summed E-state index contributed by atoms with van der Waals surface area (Å²) in [6.07, 6.45) is 0.792. The molecule has 0 saturated heterocycles. The van der Waals surface area contributed by atoms with E-state index in [0.29, 0.717) is 34.9 Å². The van der Waals surface area contributed by atoms with Gasteiger partial charge in [0.2, 0.25) is 5.91 Å². The van der Waals surface area contributed by atoms with Crippen molar-refractivity contribution in [3.05, 3.63) is 35.1 Å². The molecule has 1 amide bonds. The Morgan fingerprint density at radius 2 is 2.16 bits per heavy atom. The fraction of sp³-hybridized carbons (Fsp3) is 0.438. The van der Waals surface area contributed by atoms with E-state index in [1.165, 1.54) is 11.8 Å². The van der Waals surface area contributed by atoms with Crippen LogP contribution in [0.25, 0.3) is 0 Å². The van der Waals surface area contributed by atoms with Crippen molar-refractivity contribution in [2.45, 2.75) is 18.2 Å². The first-order valence-corrected chi connectivity index (χ1v) is 9.12. The van der Waals surface area contributed by atoms with E-state index in [-0.39, 0.29) is 18.3 Å². The van der Waals surface area contributed by atoms with Gasteiger partial charge in [-0.05, 0) is 18.6 Å². The molecule has 0 saturated carbocycles. The van der Waals surface area contributed by atoms with Crippen molar-refractivity contribution in [3.63, 3.8) is 0 Å². The quantitative estimate of drug-likeness (QED) is 0.500. The molecule has 2 aromatic rings. The molecule has 1 aromatic heterocycles. The molecule has 0 aliphatic carbocycles. The topological polar surface area (TPSA) is 78.3 Å². The number of hydrogen-bond acceptors (Lipinski definition) is 6. The number of rotatable bonds is 10. The maximum Gasteiger partial charge on any atom is 0.230 e. The van der Waals surface area contributed by atoms with Gasteiger partial charge in [0.05, 0.1) is 10.8 Å². The van der Waals surface area contributed by atoms with E-state index >= 15 is 0 Å². The first-order chi connectivity index (χ1) is 12.1. The minimum atomic E-state index is -0.0435. The lowest BCUT2D eigenvalue weighted by Crippen LogP contribution is -2.26. The third kappa shape index (κ3) is 6.22. The van der Waals surface area contributed by atoms with Crippen LogP contribution < -0.4 is 10.1 Å². The Hall–Kier alpha value is -1.77. The summed E-state index contributed by atoms with van der Waals surface area (Å²) in [5.74, 6) is 1.49. The fourth-order valence-electron chi connectivity index (χ4n) is 1.93. The number of nitrogens with one attached hydrogen (secondary N) is 1. The number of methoxy groups -OCH3 is 1. The molecule has 7 nitrogen and oxygen atoms in total. The normalized spacial score (nSPS) is 10.7. The number of amides is 1. The SMILES string of the molecule is COCCCNC(=O)CSc1nnc(COc2ccccc2Cl)n1C. The van der Waals surface area contributed by atoms with Crippen LogP contribution in [0, 0.1) is 0 Å². The van der Waals surface area contributed by atoms with Gasteiger partial charge in [-0.1, -0.05) is 35.5 Å². The molecule has 25 heavy (non-hydrogen) atoms. The molecule has 0 atom stereocenters. The lowest BCUT2D eigenvalue weighted by molar-refractivity contribution is -0.118. The van der Waals surface area contributed by atoms with E-state index in [4.69, 9.17) is 21.1 Å². The first-order valence-electron chi connectivity index (χ1n) is 7.76. The average molecular weight is 385 g/mol. The van der Waals surface area contributed by atoms with Crippen LogP contribution in [0.2, 0.25) is 5.02 Å². The van der Waals surface area contributed by atoms with E-state index in [2.05, 4.69) is 15.5 Å². The molecule has 1 heterocycles. The minimum Gasteiger partial charge on any atom is -0.484 e. The van der Waals surface area contributed by atoms with E-state index < -0.39 is 0 Å². The second-order valence-corrected chi connectivity index (χ2v) is 6.51. The molecule has 0 fully saturated rings. The van der Waals surface area contributed by atoms with Crippen molar-refractivity contribution in [1.29, 1.82) is 0 Å². The summed E-state index contributed by atoms with van der Waals surface area (Å²) in [6.45, 7) is 1.48. The number of nitrogens with zero attached hydrogens (tertiary/aromatic N) is 3. The van der Waals surface area contributed by atoms with Crippen molar-refractivity contribution in [2.24, 2.45) is 7.05 Å². The highest BCUT2D eigenvalue weighted by molar-refractivity contribution is 7.99. The molecule has 0 aliphatic rings. The Balaban J connectivity index is 1.80. The number of halogens is 1. The van der Waals surface area contributed by atoms with Crippen molar-refractivity contribution in [1.82, 2.24) is 20.1 Å². The fourth-order valence-corrected chi connectivity index (χ4v) is 2.88. The predicted octanol–water partition coefficient (Wildman–Crippen LogP) is 2.29. The average Bonchev–Trinajstić information content (AvgIpc) is 2.96. The molecule has 1 N–H and O–H groups in total. The smallest absolute Gasteiger partial charge is 0.230 e. The molecule has 0 aliphatic heterocycles. The Labute approximate surface area is 156 Å². The summed E-state index contributed by atoms with van der Waals surface area (Å²) >= 11 is 7.39. The number of benzene rings is 1. The van der Waals surface area contributed by atoms with Crippen LogP contribution in [0.3, 0.4) is 0 Å². The number of hydrogen-bond donors (Lipinski definition) is 1. The number of para-hydroxylation sites is 1. The van der Waals surface area contributed by atoms with E-state index in [9.17, 15) is 4.79 Å². The zero-order valence-corrected chi connectivity index (χ0v) is 15.8. The molecule has 1 aromatic carbocycles. The highest BCUT2D eigenvalue weighted by Gasteiger charge is 2.12. The van der Waals surface area contributed by atoms with Gasteiger partial charge in [0.15, 0.2) is 11.0 Å². The standard InChI is InChI=1S/C16H21ClN4O3S/c1-21-14(10-24-13-7-4-3-6-12(13)17)19-20-16(21)25-11-15(22)18-8-5-9-23-2/h3-4,6-7H,5,8-11H2,1-2H3,(H,18,22). The number of carbonyl (C=O) groups excluding carboxylic acids is 1. The Morgan fingerprint density at radius 1 is 1.36 bits per heavy atom. The summed E-state index contributed by atoms with van der Waals surface area (Å²) in [5.41, 5.74) is 0. The van der Waals surface area contributed by atoms with E-state index in [1.807, 2.05) is 19.2 Å². The van der Waals surface area contributed by atoms with Crippen LogP contribution in [0.4, 0.5) is 0 Å². The lowest BCUT2D eigenvalue weighted by atomic mass is 10.3. The molecular formula is C16H21ClN4O3S. The van der Waals surface area contributed by atoms with E-state index in [1.54, 1.807) is 23.8 Å². The van der Waals surface area contributed by atoms with Gasteiger partial charge in [0.1, 0.15) is 12.4 Å². The number of thioether (sulfide) groups is 1. The monoisotopic (exact) mass is 384 g/mol. The summed E-state index contributed by atoms with van der Waals surface area (Å²) in [5, 5.41) is 12.2. The second-order valence-electron chi connectivity index (χ2n) is 5.16. The molecule has 0 spiro atoms. The minimum absolute atomic E-state index is 0.0435. The molecule has 0 bridgehead atoms. The zero-order chi connectivity index (χ0) is 18.1. The summed E-state index contributed by atoms with van der Waals surface area (Å²) in [4.78, 5) is 11.8. The molecule has 136 valence electrons. The highest BCUT2D eigenvalue weighted by atomic mass is 35.5. The van der Waals surface area contributed by atoms with Gasteiger partial charge in [0.25, 0.3) is 0 Å². The van der Waals surface area contributed by atoms with Crippen molar-refractivity contribution in [3.8, 4) is 5.75 Å². The van der Waals surface area contributed by atoms with Crippen LogP contribution in [-0.2, 0) is 23.2 Å². The highest BCUT2D eigenvalue weighted by Crippen LogP contribution is 2.24. The number of ether oxygens (including phenoxy) is 2. The van der Waals surface area contributed by atoms with Crippen molar-refractivity contribution in [2.75, 3.05) is 26.0 Å². The largest absolute Gasteiger partial charge is 0.484 e. The molecule has 2 rings (SSSR count). The summed E-state index contributed by atoms with van der Waals surface area (Å²) < 4.78 is 12.4. The zero-order valence-electron chi connectivity index (χ0n) is 14.2. The maximum atomic E-state index is 11.8. The van der Waals surface area contributed by atoms with Gasteiger partial charge in [0, 0.05) is 27.3 Å². The lowest BCUT2D eigenvalue weighted by Gasteiger charge is -2.08. The number of carbonyl (C=O) groups is 1. The predicted molar refractivity (Wildman–Crippen MR) is 97.0 cm³/mol. The van der Waals surface area contributed by atoms with Crippen LogP contribution in [0.1, 0.15) is 12.2 Å². The summed E-state index contributed by atoms with van der Waals surface area (Å²) in [7, 11) is 3.48. The van der Waals surface area contributed by atoms with Crippen molar-refractivity contribution < 1.29 is 14.3 Å². The molecule has 9 heteroatoms. The van der Waals surface area contributed by atoms with Gasteiger partial charge in [-0.25, -0.2) is 0 Å². The Bertz CT molecular complexity index is 696. The van der Waals surface area contributed by atoms with Crippen LogP contribution in [0.15, 0.2) is 29.4 Å². The van der Waals surface area contributed by atoms with Gasteiger partial charge in [-0.3, -0.25) is 4.79 Å². The Kier molecular flexibility index (Phi) is 8.03. The third-order valence-electron chi connectivity index (χ3n) is 3.30. The van der Waals surface area contributed by atoms with Gasteiger partial charge < -0.3 is 19.4 Å². The molecular weight excluding hydrogens is 364 g/mol. The second kappa shape index (κ2) is 10.3. The first kappa shape index (κ1) is 19.6. The van der Waals surface area contributed by atoms with Gasteiger partial charge in [-0.2, -0.15) is 0 Å². The summed E-state index contributed by atoms with van der Waals surface area (Å²) in [6, 6.07) is 7.25. The van der Waals surface area contributed by atoms with Crippen LogP contribution >= 0.6 is 23.4 Å². The number of aromatic nitrogens is 3. The molecule has 0 unspecified atom stereocenters. The van der Waals surface area contributed by atoms with Crippen molar-refractivity contribution >= 4 is 29.3 Å². The third-order valence-corrected chi connectivity index (χ3v) is 4.63. The maximum absolute atomic E-state index is 11.8. The van der Waals surface area contributed by atoms with Gasteiger partial charge >= 0.3 is 0 Å². The van der Waals surface area contributed by atoms with Crippen LogP contribution in [-0.4, -0.2) is 46.7 Å². The molecule has 0 radical (unpaired) electrons. The Morgan fingerprint density at radius 3 is 2.92 bits per heavy atom.